The van der Waals surface area contributed by atoms with Crippen LogP contribution in [0, 0.1) is 12.8 Å². The second-order valence-electron chi connectivity index (χ2n) is 4.54. The van der Waals surface area contributed by atoms with Gasteiger partial charge in [-0.1, -0.05) is 0 Å². The Morgan fingerprint density at radius 2 is 2.00 bits per heavy atom. The van der Waals surface area contributed by atoms with Crippen LogP contribution >= 0.6 is 19.8 Å². The number of halogens is 1. The van der Waals surface area contributed by atoms with Crippen LogP contribution in [0.5, 0.6) is 0 Å². The molecule has 0 atom stereocenters. The molecule has 0 bridgehead atoms. The van der Waals surface area contributed by atoms with E-state index >= 15 is 0 Å². The number of amides is 1. The molecule has 0 aromatic heterocycles. The van der Waals surface area contributed by atoms with Crippen LogP contribution in [0.4, 0.5) is 4.79 Å². The van der Waals surface area contributed by atoms with E-state index in [4.69, 9.17) is 4.74 Å². The summed E-state index contributed by atoms with van der Waals surface area (Å²) in [6.07, 6.45) is 0.705. The zero-order valence-electron chi connectivity index (χ0n) is 9.75. The molecule has 1 aliphatic rings. The summed E-state index contributed by atoms with van der Waals surface area (Å²) >= 11 is 3.62. The number of nitrogens with zero attached hydrogens (tertiary/aromatic N) is 1. The molecule has 0 aromatic rings. The van der Waals surface area contributed by atoms with Crippen molar-refractivity contribution in [2.45, 2.75) is 32.8 Å². The van der Waals surface area contributed by atoms with Gasteiger partial charge in [-0.25, -0.2) is 4.79 Å². The molecule has 0 radical (unpaired) electrons. The van der Waals surface area contributed by atoms with E-state index in [0.29, 0.717) is 5.92 Å². The molecular formula is C10H18INO2Zn. The fraction of sp³-hybridized carbons (Fsp3) is 0.800. The van der Waals surface area contributed by atoms with Crippen LogP contribution in [-0.4, -0.2) is 29.7 Å². The second kappa shape index (κ2) is 7.05. The summed E-state index contributed by atoms with van der Waals surface area (Å²) in [6, 6.07) is 0. The third-order valence-corrected chi connectivity index (χ3v) is 2.02. The number of carbonyl (C=O) groups excluding carboxylic acids is 1. The van der Waals surface area contributed by atoms with Crippen LogP contribution < -0.4 is 0 Å². The van der Waals surface area contributed by atoms with Gasteiger partial charge >= 0.3 is 40.6 Å². The van der Waals surface area contributed by atoms with Gasteiger partial charge in [0.1, 0.15) is 5.60 Å². The molecule has 3 nitrogen and oxygen atoms in total. The zero-order chi connectivity index (χ0) is 12.1. The minimum atomic E-state index is -0.382. The van der Waals surface area contributed by atoms with Gasteiger partial charge in [0.15, 0.2) is 0 Å². The van der Waals surface area contributed by atoms with Gasteiger partial charge < -0.3 is 16.6 Å². The molecular weight excluding hydrogens is 358 g/mol. The number of likely N-dealkylation sites (tertiary alicyclic amines) is 1. The number of hydrogen-bond donors (Lipinski definition) is 0. The molecule has 1 heterocycles. The van der Waals surface area contributed by atoms with Gasteiger partial charge in [-0.05, 0) is 26.7 Å². The molecule has 1 aliphatic heterocycles. The standard InChI is InChI=1S/C10H18NO2.HI.Zn/c1-5-8-6-11(7-8)9(12)13-10(2,3)4;;/h8H,1,5-7H2,2-4H3;1H;/q-1;;+2/p-1. The Labute approximate surface area is 113 Å². The zero-order valence-corrected chi connectivity index (χ0v) is 14.9. The number of hydrogen-bond acceptors (Lipinski definition) is 2. The van der Waals surface area contributed by atoms with Gasteiger partial charge in [0.25, 0.3) is 0 Å². The van der Waals surface area contributed by atoms with Crippen LogP contribution in [0.3, 0.4) is 0 Å². The van der Waals surface area contributed by atoms with Crippen molar-refractivity contribution < 1.29 is 24.3 Å². The molecule has 0 spiro atoms. The van der Waals surface area contributed by atoms with Gasteiger partial charge in [0.05, 0.1) is 0 Å². The molecule has 5 heteroatoms. The van der Waals surface area contributed by atoms with Crippen LogP contribution in [0.15, 0.2) is 0 Å². The van der Waals surface area contributed by atoms with E-state index in [0.717, 1.165) is 19.5 Å². The topological polar surface area (TPSA) is 29.5 Å². The van der Waals surface area contributed by atoms with Crippen molar-refractivity contribution >= 4 is 25.8 Å². The summed E-state index contributed by atoms with van der Waals surface area (Å²) in [5.74, 6) is 0.576. The van der Waals surface area contributed by atoms with Crippen molar-refractivity contribution in [1.82, 2.24) is 4.90 Å². The minimum absolute atomic E-state index is 0.197. The van der Waals surface area contributed by atoms with E-state index in [2.05, 4.69) is 26.7 Å². The Kier molecular flexibility index (Phi) is 7.34. The summed E-state index contributed by atoms with van der Waals surface area (Å²) < 4.78 is 5.20. The van der Waals surface area contributed by atoms with Gasteiger partial charge in [0, 0.05) is 13.1 Å². The van der Waals surface area contributed by atoms with Crippen molar-refractivity contribution in [2.24, 2.45) is 5.92 Å². The first-order valence-electron chi connectivity index (χ1n) is 4.96. The maximum atomic E-state index is 11.4. The van der Waals surface area contributed by atoms with Gasteiger partial charge in [0.2, 0.25) is 0 Å². The number of carbonyl (C=O) groups is 1. The van der Waals surface area contributed by atoms with Gasteiger partial charge in [-0.2, -0.15) is 6.42 Å². The summed E-state index contributed by atoms with van der Waals surface area (Å²) in [6.45, 7) is 11.0. The van der Waals surface area contributed by atoms with Gasteiger partial charge in [-0.3, -0.25) is 0 Å². The molecule has 1 fully saturated rings. The maximum absolute atomic E-state index is 11.4. The van der Waals surface area contributed by atoms with E-state index in [1.807, 2.05) is 20.8 Å². The molecule has 1 rings (SSSR count). The van der Waals surface area contributed by atoms with E-state index in [1.54, 1.807) is 4.90 Å². The molecule has 1 saturated heterocycles. The van der Waals surface area contributed by atoms with Crippen LogP contribution in [0.25, 0.3) is 0 Å². The quantitative estimate of drug-likeness (QED) is 0.400. The predicted octanol–water partition coefficient (Wildman–Crippen LogP) is 2.96. The Hall–Kier alpha value is 0.623. The van der Waals surface area contributed by atoms with Crippen molar-refractivity contribution in [2.75, 3.05) is 13.1 Å². The first-order chi connectivity index (χ1) is 6.92. The van der Waals surface area contributed by atoms with E-state index in [9.17, 15) is 4.79 Å². The molecule has 1 amide bonds. The molecule has 0 aliphatic carbocycles. The number of ether oxygens (including phenoxy) is 1. The van der Waals surface area contributed by atoms with Gasteiger partial charge in [-0.15, -0.1) is 0 Å². The van der Waals surface area contributed by atoms with Crippen LogP contribution in [-0.2, 0) is 19.5 Å². The average molecular weight is 377 g/mol. The molecule has 0 N–H and O–H groups in total. The molecule has 15 heavy (non-hydrogen) atoms. The molecule has 0 saturated carbocycles. The van der Waals surface area contributed by atoms with Crippen LogP contribution in [0.2, 0.25) is 0 Å². The van der Waals surface area contributed by atoms with Crippen molar-refractivity contribution in [3.63, 3.8) is 0 Å². The summed E-state index contributed by atoms with van der Waals surface area (Å²) in [5, 5.41) is 0. The SMILES string of the molecule is [CH2-]CC1CN(C(=O)OC(C)(C)C)C1.[Zn+][I]. The Morgan fingerprint density at radius 3 is 2.33 bits per heavy atom. The van der Waals surface area contributed by atoms with Crippen molar-refractivity contribution in [1.29, 1.82) is 0 Å². The number of rotatable bonds is 1. The molecule has 0 aromatic carbocycles. The monoisotopic (exact) mass is 375 g/mol. The summed E-state index contributed by atoms with van der Waals surface area (Å²) in [4.78, 5) is 13.1. The van der Waals surface area contributed by atoms with Crippen LogP contribution in [0.1, 0.15) is 27.2 Å². The molecule has 84 valence electrons. The fourth-order valence-electron chi connectivity index (χ4n) is 1.23. The van der Waals surface area contributed by atoms with Crippen molar-refractivity contribution in [3.8, 4) is 0 Å². The third-order valence-electron chi connectivity index (χ3n) is 2.02. The van der Waals surface area contributed by atoms with E-state index in [1.165, 1.54) is 14.8 Å². The van der Waals surface area contributed by atoms with E-state index < -0.39 is 0 Å². The first kappa shape index (κ1) is 15.6. The van der Waals surface area contributed by atoms with E-state index in [-0.39, 0.29) is 11.7 Å². The average Bonchev–Trinajstić information content (AvgIpc) is 2.02. The summed E-state index contributed by atoms with van der Waals surface area (Å²) in [5.41, 5.74) is -0.382. The molecule has 0 unspecified atom stereocenters. The second-order valence-corrected chi connectivity index (χ2v) is 4.54. The Bertz CT molecular complexity index is 200. The fourth-order valence-corrected chi connectivity index (χ4v) is 1.23. The Morgan fingerprint density at radius 1 is 1.53 bits per heavy atom. The van der Waals surface area contributed by atoms with Crippen molar-refractivity contribution in [3.05, 3.63) is 6.92 Å². The summed E-state index contributed by atoms with van der Waals surface area (Å²) in [7, 11) is 0. The predicted molar refractivity (Wildman–Crippen MR) is 65.3 cm³/mol. The first-order valence-corrected chi connectivity index (χ1v) is 14.0. The normalized spacial score (nSPS) is 16.3. The Balaban J connectivity index is 0.000000921. The third kappa shape index (κ3) is 6.05.